The molecule has 0 aromatic carbocycles. The molecule has 11 nitrogen and oxygen atoms in total. The third kappa shape index (κ3) is 4.84. The van der Waals surface area contributed by atoms with E-state index in [-0.39, 0.29) is 18.1 Å². The Morgan fingerprint density at radius 3 is 2.35 bits per heavy atom. The number of ether oxygens (including phenoxy) is 1. The van der Waals surface area contributed by atoms with Gasteiger partial charge in [-0.05, 0) is 12.8 Å². The van der Waals surface area contributed by atoms with Gasteiger partial charge in [0.1, 0.15) is 18.3 Å². The first-order chi connectivity index (χ1) is 14.9. The molecule has 5 N–H and O–H groups in total. The van der Waals surface area contributed by atoms with Crippen molar-refractivity contribution in [2.24, 2.45) is 4.99 Å². The predicted molar refractivity (Wildman–Crippen MR) is 111 cm³/mol. The maximum atomic E-state index is 13.2. The quantitative estimate of drug-likeness (QED) is 0.224. The third-order valence-corrected chi connectivity index (χ3v) is 5.82. The third-order valence-electron chi connectivity index (χ3n) is 5.82. The molecule has 0 aromatic rings. The molecule has 0 unspecified atom stereocenters. The lowest BCUT2D eigenvalue weighted by atomic mass is 10.1. The number of amides is 3. The number of urea groups is 1. The van der Waals surface area contributed by atoms with Gasteiger partial charge in [0.15, 0.2) is 0 Å². The first-order valence-electron chi connectivity index (χ1n) is 11.0. The SMILES string of the molecule is CCCCCCCCCC[N+]1=C2C(=O)NC(=N)N=C2N([C@@H]2O[C@H](CO)[C@@H](O)[C@H]2O)C1=O. The highest BCUT2D eigenvalue weighted by atomic mass is 16.6. The molecule has 0 bridgehead atoms. The Labute approximate surface area is 180 Å². The van der Waals surface area contributed by atoms with Gasteiger partial charge in [0.05, 0.1) is 13.2 Å². The van der Waals surface area contributed by atoms with E-state index in [9.17, 15) is 24.9 Å². The lowest BCUT2D eigenvalue weighted by Crippen LogP contribution is -2.53. The van der Waals surface area contributed by atoms with Gasteiger partial charge in [0, 0.05) is 0 Å². The fourth-order valence-electron chi connectivity index (χ4n) is 4.12. The van der Waals surface area contributed by atoms with E-state index in [0.717, 1.165) is 24.2 Å². The van der Waals surface area contributed by atoms with Crippen molar-refractivity contribution in [1.82, 2.24) is 10.2 Å². The van der Waals surface area contributed by atoms with Crippen LogP contribution in [0.2, 0.25) is 0 Å². The van der Waals surface area contributed by atoms with Gasteiger partial charge in [0.2, 0.25) is 12.2 Å². The average Bonchev–Trinajstić information content (AvgIpc) is 3.17. The molecule has 1 saturated heterocycles. The maximum absolute atomic E-state index is 13.2. The summed E-state index contributed by atoms with van der Waals surface area (Å²) in [5.41, 5.74) is 0.00156. The highest BCUT2D eigenvalue weighted by molar-refractivity contribution is 6.70. The number of carbonyl (C=O) groups is 2. The van der Waals surface area contributed by atoms with Crippen molar-refractivity contribution in [3.8, 4) is 0 Å². The molecule has 0 aliphatic carbocycles. The summed E-state index contributed by atoms with van der Waals surface area (Å²) in [6.07, 6.45) is 3.32. The standard InChI is InChI=1S/C20H31N5O6/c1-2-3-4-5-6-7-8-9-10-24-13-16(22-19(21)23-17(13)29)25(20(24)30)18-15(28)14(27)12(11-26)31-18/h12,14-15,18,26-28H,2-11H2,1H3,(H-,21,23,29)/p+1/t12-,14-,15-,18-/m1/s1. The van der Waals surface area contributed by atoms with Gasteiger partial charge in [-0.3, -0.25) is 15.5 Å². The molecule has 0 saturated carbocycles. The predicted octanol–water partition coefficient (Wildman–Crippen LogP) is -0.0817. The first-order valence-corrected chi connectivity index (χ1v) is 11.0. The fourth-order valence-corrected chi connectivity index (χ4v) is 4.12. The summed E-state index contributed by atoms with van der Waals surface area (Å²) in [6, 6.07) is -0.614. The Kier molecular flexibility index (Phi) is 7.87. The molecule has 1 fully saturated rings. The van der Waals surface area contributed by atoms with Gasteiger partial charge in [-0.1, -0.05) is 45.4 Å². The molecule has 3 aliphatic rings. The molecule has 0 radical (unpaired) electrons. The van der Waals surface area contributed by atoms with Crippen LogP contribution in [0.15, 0.2) is 4.99 Å². The molecule has 3 aliphatic heterocycles. The Morgan fingerprint density at radius 2 is 1.74 bits per heavy atom. The maximum Gasteiger partial charge on any atom is 0.502 e. The van der Waals surface area contributed by atoms with Crippen molar-refractivity contribution in [1.29, 1.82) is 5.41 Å². The van der Waals surface area contributed by atoms with Gasteiger partial charge in [-0.2, -0.15) is 14.4 Å². The number of rotatable bonds is 11. The summed E-state index contributed by atoms with van der Waals surface area (Å²) in [5, 5.41) is 39.8. The largest absolute Gasteiger partial charge is 0.502 e. The van der Waals surface area contributed by atoms with E-state index >= 15 is 0 Å². The molecule has 31 heavy (non-hydrogen) atoms. The fraction of sp³-hybridized carbons (Fsp3) is 0.750. The van der Waals surface area contributed by atoms with E-state index in [0.29, 0.717) is 6.42 Å². The highest BCUT2D eigenvalue weighted by Gasteiger charge is 2.60. The van der Waals surface area contributed by atoms with Crippen molar-refractivity contribution < 1.29 is 34.2 Å². The average molecular weight is 439 g/mol. The number of nitrogens with one attached hydrogen (secondary N) is 2. The lowest BCUT2D eigenvalue weighted by Gasteiger charge is -2.20. The Morgan fingerprint density at radius 1 is 1.10 bits per heavy atom. The number of hydrogen-bond donors (Lipinski definition) is 5. The van der Waals surface area contributed by atoms with Crippen LogP contribution in [0.25, 0.3) is 0 Å². The number of aliphatic hydroxyl groups excluding tert-OH is 3. The van der Waals surface area contributed by atoms with Gasteiger partial charge < -0.3 is 20.1 Å². The minimum absolute atomic E-state index is 0.00156. The molecular weight excluding hydrogens is 406 g/mol. The number of guanidine groups is 1. The summed E-state index contributed by atoms with van der Waals surface area (Å²) < 4.78 is 6.76. The molecular formula is C20H32N5O6+. The summed E-state index contributed by atoms with van der Waals surface area (Å²) in [5.74, 6) is -1.15. The van der Waals surface area contributed by atoms with Crippen LogP contribution in [0.5, 0.6) is 0 Å². The molecule has 4 atom stereocenters. The second-order valence-corrected chi connectivity index (χ2v) is 8.09. The van der Waals surface area contributed by atoms with E-state index in [2.05, 4.69) is 17.2 Å². The van der Waals surface area contributed by atoms with Crippen LogP contribution in [0, 0.1) is 5.41 Å². The van der Waals surface area contributed by atoms with Crippen molar-refractivity contribution in [3.05, 3.63) is 0 Å². The molecule has 3 amide bonds. The van der Waals surface area contributed by atoms with E-state index in [1.165, 1.54) is 30.3 Å². The number of carbonyl (C=O) groups excluding carboxylic acids is 2. The van der Waals surface area contributed by atoms with Crippen molar-refractivity contribution in [2.45, 2.75) is 82.8 Å². The summed E-state index contributed by atoms with van der Waals surface area (Å²) in [4.78, 5) is 30.7. The van der Waals surface area contributed by atoms with Crippen molar-refractivity contribution in [2.75, 3.05) is 13.2 Å². The normalized spacial score (nSPS) is 28.3. The monoisotopic (exact) mass is 438 g/mol. The van der Waals surface area contributed by atoms with Gasteiger partial charge in [-0.15, -0.1) is 4.90 Å². The molecule has 0 aromatic heterocycles. The minimum Gasteiger partial charge on any atom is -0.394 e. The van der Waals surface area contributed by atoms with Gasteiger partial charge in [0.25, 0.3) is 11.5 Å². The van der Waals surface area contributed by atoms with Crippen molar-refractivity contribution >= 4 is 29.4 Å². The van der Waals surface area contributed by atoms with Crippen molar-refractivity contribution in [3.63, 3.8) is 0 Å². The molecule has 11 heteroatoms. The minimum atomic E-state index is -1.49. The van der Waals surface area contributed by atoms with Gasteiger partial charge >= 0.3 is 11.9 Å². The second kappa shape index (κ2) is 10.4. The summed E-state index contributed by atoms with van der Waals surface area (Å²) in [7, 11) is 0. The number of aliphatic hydroxyl groups is 3. The van der Waals surface area contributed by atoms with Crippen LogP contribution in [0.1, 0.15) is 58.3 Å². The number of nitrogens with zero attached hydrogens (tertiary/aromatic N) is 3. The topological polar surface area (TPSA) is 159 Å². The molecule has 172 valence electrons. The van der Waals surface area contributed by atoms with Crippen LogP contribution in [-0.4, -0.2) is 91.9 Å². The van der Waals surface area contributed by atoms with Crippen LogP contribution in [-0.2, 0) is 9.53 Å². The zero-order valence-electron chi connectivity index (χ0n) is 17.8. The molecule has 3 heterocycles. The molecule has 3 rings (SSSR count). The van der Waals surface area contributed by atoms with Crippen LogP contribution in [0.4, 0.5) is 4.79 Å². The van der Waals surface area contributed by atoms with Gasteiger partial charge in [-0.25, -0.2) is 0 Å². The van der Waals surface area contributed by atoms with Crippen LogP contribution >= 0.6 is 0 Å². The number of aliphatic imine (C=N–C) groups is 1. The summed E-state index contributed by atoms with van der Waals surface area (Å²) in [6.45, 7) is 1.92. The van der Waals surface area contributed by atoms with E-state index in [4.69, 9.17) is 10.1 Å². The van der Waals surface area contributed by atoms with E-state index in [1.54, 1.807) is 0 Å². The zero-order valence-corrected chi connectivity index (χ0v) is 17.8. The Bertz CT molecular complexity index is 782. The number of unbranched alkanes of at least 4 members (excludes halogenated alkanes) is 7. The number of hydrogen-bond acceptors (Lipinski definition) is 7. The van der Waals surface area contributed by atoms with E-state index in [1.807, 2.05) is 0 Å². The summed E-state index contributed by atoms with van der Waals surface area (Å²) >= 11 is 0. The second-order valence-electron chi connectivity index (χ2n) is 8.09. The highest BCUT2D eigenvalue weighted by Crippen LogP contribution is 2.28. The number of fused-ring (bicyclic) bond motifs is 1. The Hall–Kier alpha value is -2.21. The van der Waals surface area contributed by atoms with Crippen LogP contribution < -0.4 is 5.32 Å². The smallest absolute Gasteiger partial charge is 0.394 e. The number of amidine groups is 1. The first kappa shape index (κ1) is 23.5. The van der Waals surface area contributed by atoms with E-state index < -0.39 is 49.0 Å². The Balaban J connectivity index is 1.71. The van der Waals surface area contributed by atoms with Crippen LogP contribution in [0.3, 0.4) is 0 Å². The zero-order chi connectivity index (χ0) is 22.5. The molecule has 0 spiro atoms. The lowest BCUT2D eigenvalue weighted by molar-refractivity contribution is -0.429.